The maximum atomic E-state index is 3.97. The van der Waals surface area contributed by atoms with Crippen LogP contribution in [0.5, 0.6) is 0 Å². The van der Waals surface area contributed by atoms with E-state index in [-0.39, 0.29) is 0 Å². The average molecular weight is 140 g/mol. The van der Waals surface area contributed by atoms with Gasteiger partial charge in [-0.2, -0.15) is 5.10 Å². The second-order valence-corrected chi connectivity index (χ2v) is 2.55. The third-order valence-corrected chi connectivity index (χ3v) is 1.03. The molecule has 2 nitrogen and oxygen atoms in total. The van der Waals surface area contributed by atoms with Gasteiger partial charge in [-0.3, -0.25) is 0 Å². The number of hydrogen-bond donors (Lipinski definition) is 1. The minimum atomic E-state index is 0.404. The van der Waals surface area contributed by atoms with Crippen molar-refractivity contribution in [1.29, 1.82) is 0 Å². The molecule has 0 spiro atoms. The summed E-state index contributed by atoms with van der Waals surface area (Å²) in [7, 11) is 0. The van der Waals surface area contributed by atoms with Crippen LogP contribution in [-0.2, 0) is 0 Å². The molecule has 0 atom stereocenters. The summed E-state index contributed by atoms with van der Waals surface area (Å²) in [5.41, 5.74) is 3.97. The predicted octanol–water partition coefficient (Wildman–Crippen LogP) is 1.94. The van der Waals surface area contributed by atoms with E-state index in [1.165, 1.54) is 0 Å². The van der Waals surface area contributed by atoms with Crippen LogP contribution in [0.3, 0.4) is 0 Å². The molecule has 0 aliphatic heterocycles. The van der Waals surface area contributed by atoms with Crippen molar-refractivity contribution in [1.82, 2.24) is 5.43 Å². The maximum absolute atomic E-state index is 3.97. The Morgan fingerprint density at radius 2 is 2.30 bits per heavy atom. The fourth-order valence-electron chi connectivity index (χ4n) is 0.369. The smallest absolute Gasteiger partial charge is 0.0494 e. The van der Waals surface area contributed by atoms with Crippen molar-refractivity contribution < 1.29 is 0 Å². The lowest BCUT2D eigenvalue weighted by Crippen LogP contribution is -2.15. The van der Waals surface area contributed by atoms with Crippen LogP contribution in [0, 0.1) is 0 Å². The summed E-state index contributed by atoms with van der Waals surface area (Å²) in [6.07, 6.45) is 2.73. The summed E-state index contributed by atoms with van der Waals surface area (Å²) < 4.78 is 0. The second kappa shape index (κ2) is 5.03. The summed E-state index contributed by atoms with van der Waals surface area (Å²) in [5, 5.41) is 3.97. The van der Waals surface area contributed by atoms with Crippen LogP contribution >= 0.6 is 0 Å². The van der Waals surface area contributed by atoms with Crippen molar-refractivity contribution in [2.75, 3.05) is 0 Å². The van der Waals surface area contributed by atoms with E-state index >= 15 is 0 Å². The van der Waals surface area contributed by atoms with Crippen molar-refractivity contribution in [2.24, 2.45) is 5.10 Å². The van der Waals surface area contributed by atoms with Gasteiger partial charge in [-0.05, 0) is 25.8 Å². The minimum absolute atomic E-state index is 0.404. The Morgan fingerprint density at radius 3 is 2.70 bits per heavy atom. The highest BCUT2D eigenvalue weighted by atomic mass is 15.3. The zero-order valence-electron chi connectivity index (χ0n) is 7.02. The van der Waals surface area contributed by atoms with Gasteiger partial charge in [-0.15, -0.1) is 0 Å². The molecule has 58 valence electrons. The van der Waals surface area contributed by atoms with Gasteiger partial charge in [0.2, 0.25) is 0 Å². The molecule has 1 N–H and O–H groups in total. The lowest BCUT2D eigenvalue weighted by Gasteiger charge is -2.01. The molecule has 0 aliphatic carbocycles. The van der Waals surface area contributed by atoms with E-state index in [1.54, 1.807) is 6.21 Å². The first kappa shape index (κ1) is 9.21. The minimum Gasteiger partial charge on any atom is -0.308 e. The van der Waals surface area contributed by atoms with E-state index < -0.39 is 0 Å². The summed E-state index contributed by atoms with van der Waals surface area (Å²) in [6.45, 7) is 9.94. The molecular weight excluding hydrogens is 124 g/mol. The Bertz CT molecular complexity index is 125. The number of nitrogens with zero attached hydrogens (tertiary/aromatic N) is 1. The van der Waals surface area contributed by atoms with Crippen LogP contribution in [-0.4, -0.2) is 12.3 Å². The molecule has 0 saturated carbocycles. The Kier molecular flexibility index (Phi) is 4.63. The molecule has 0 rings (SSSR count). The third kappa shape index (κ3) is 5.35. The van der Waals surface area contributed by atoms with E-state index in [4.69, 9.17) is 0 Å². The number of rotatable bonds is 4. The molecule has 0 saturated heterocycles. The number of allylic oxidation sites excluding steroid dienone is 1. The van der Waals surface area contributed by atoms with Crippen LogP contribution in [0.25, 0.3) is 0 Å². The Balaban J connectivity index is 3.46. The molecule has 0 bridgehead atoms. The topological polar surface area (TPSA) is 24.4 Å². The zero-order chi connectivity index (χ0) is 7.98. The molecule has 0 heterocycles. The molecule has 0 aromatic carbocycles. The van der Waals surface area contributed by atoms with Crippen LogP contribution in [0.4, 0.5) is 0 Å². The number of nitrogens with one attached hydrogen (secondary N) is 1. The normalized spacial score (nSPS) is 10.8. The van der Waals surface area contributed by atoms with Crippen molar-refractivity contribution in [3.05, 3.63) is 12.2 Å². The van der Waals surface area contributed by atoms with Gasteiger partial charge in [0.25, 0.3) is 0 Å². The molecule has 0 radical (unpaired) electrons. The second-order valence-electron chi connectivity index (χ2n) is 2.55. The summed E-state index contributed by atoms with van der Waals surface area (Å²) in [6, 6.07) is 0.404. The number of hydrazone groups is 1. The average Bonchev–Trinajstić information content (AvgIpc) is 1.87. The van der Waals surface area contributed by atoms with Gasteiger partial charge >= 0.3 is 0 Å². The van der Waals surface area contributed by atoms with E-state index in [9.17, 15) is 0 Å². The van der Waals surface area contributed by atoms with Crippen molar-refractivity contribution in [3.63, 3.8) is 0 Å². The van der Waals surface area contributed by atoms with Gasteiger partial charge in [-0.1, -0.05) is 13.5 Å². The molecule has 10 heavy (non-hydrogen) atoms. The fraction of sp³-hybridized carbons (Fsp3) is 0.625. The standard InChI is InChI=1S/C8H16N2/c1-5-8(4)6-9-10-7(2)3/h6-7,10H,4-5H2,1-3H3/b9-6+. The molecule has 0 aromatic heterocycles. The van der Waals surface area contributed by atoms with E-state index in [2.05, 4.69) is 24.0 Å². The summed E-state index contributed by atoms with van der Waals surface area (Å²) in [5.74, 6) is 0. The van der Waals surface area contributed by atoms with Crippen molar-refractivity contribution in [3.8, 4) is 0 Å². The monoisotopic (exact) mass is 140 g/mol. The molecule has 2 heteroatoms. The molecule has 0 aromatic rings. The van der Waals surface area contributed by atoms with Crippen LogP contribution in [0.2, 0.25) is 0 Å². The van der Waals surface area contributed by atoms with Gasteiger partial charge in [0, 0.05) is 12.3 Å². The highest BCUT2D eigenvalue weighted by Crippen LogP contribution is 1.89. The number of hydrogen-bond acceptors (Lipinski definition) is 2. The van der Waals surface area contributed by atoms with Gasteiger partial charge in [0.05, 0.1) is 0 Å². The first-order chi connectivity index (χ1) is 4.66. The van der Waals surface area contributed by atoms with Crippen LogP contribution in [0.1, 0.15) is 27.2 Å². The van der Waals surface area contributed by atoms with E-state index in [1.807, 2.05) is 13.8 Å². The lowest BCUT2D eigenvalue weighted by molar-refractivity contribution is 0.622. The fourth-order valence-corrected chi connectivity index (χ4v) is 0.369. The quantitative estimate of drug-likeness (QED) is 0.468. The predicted molar refractivity (Wildman–Crippen MR) is 46.2 cm³/mol. The zero-order valence-corrected chi connectivity index (χ0v) is 7.02. The highest BCUT2D eigenvalue weighted by molar-refractivity contribution is 5.77. The van der Waals surface area contributed by atoms with Crippen LogP contribution in [0.15, 0.2) is 17.3 Å². The maximum Gasteiger partial charge on any atom is 0.0494 e. The molecule has 0 amide bonds. The highest BCUT2D eigenvalue weighted by Gasteiger charge is 1.85. The Labute approximate surface area is 63.0 Å². The van der Waals surface area contributed by atoms with Crippen LogP contribution < -0.4 is 5.43 Å². The summed E-state index contributed by atoms with van der Waals surface area (Å²) >= 11 is 0. The molecule has 0 fully saturated rings. The molecule has 0 unspecified atom stereocenters. The first-order valence-electron chi connectivity index (χ1n) is 3.63. The van der Waals surface area contributed by atoms with Gasteiger partial charge in [0.15, 0.2) is 0 Å². The van der Waals surface area contributed by atoms with Gasteiger partial charge in [-0.25, -0.2) is 0 Å². The van der Waals surface area contributed by atoms with E-state index in [0.29, 0.717) is 6.04 Å². The molecule has 0 aliphatic rings. The van der Waals surface area contributed by atoms with Gasteiger partial charge in [0.1, 0.15) is 0 Å². The van der Waals surface area contributed by atoms with Crippen molar-refractivity contribution >= 4 is 6.21 Å². The third-order valence-electron chi connectivity index (χ3n) is 1.03. The van der Waals surface area contributed by atoms with Crippen molar-refractivity contribution in [2.45, 2.75) is 33.2 Å². The first-order valence-corrected chi connectivity index (χ1v) is 3.63. The summed E-state index contributed by atoms with van der Waals surface area (Å²) in [4.78, 5) is 0. The largest absolute Gasteiger partial charge is 0.308 e. The SMILES string of the molecule is C=C(/C=N/NC(C)C)CC. The Morgan fingerprint density at radius 1 is 1.70 bits per heavy atom. The Hall–Kier alpha value is -0.790. The lowest BCUT2D eigenvalue weighted by atomic mass is 10.3. The molecular formula is C8H16N2. The van der Waals surface area contributed by atoms with Gasteiger partial charge < -0.3 is 5.43 Å². The van der Waals surface area contributed by atoms with E-state index in [0.717, 1.165) is 12.0 Å².